The van der Waals surface area contributed by atoms with Crippen LogP contribution in [0.5, 0.6) is 17.2 Å². The number of nitrogens with zero attached hydrogens (tertiary/aromatic N) is 3. The summed E-state index contributed by atoms with van der Waals surface area (Å²) in [7, 11) is 1.54. The molecule has 6 nitrogen and oxygen atoms in total. The van der Waals surface area contributed by atoms with E-state index in [2.05, 4.69) is 4.99 Å². The molecule has 0 aliphatic carbocycles. The van der Waals surface area contributed by atoms with E-state index in [1.165, 1.54) is 6.07 Å². The molecule has 0 bridgehead atoms. The van der Waals surface area contributed by atoms with E-state index in [1.54, 1.807) is 25.3 Å². The number of halogens is 3. The Morgan fingerprint density at radius 3 is 2.37 bits per heavy atom. The SMILES string of the molecule is CC[C@@H](C(=O)N1CCN(C2=Nc3cc(C(F)(F)F)ccc3Oc3ccc(OC)cc32)CC1)c1ccccc1. The summed E-state index contributed by atoms with van der Waals surface area (Å²) < 4.78 is 51.8. The van der Waals surface area contributed by atoms with Crippen molar-refractivity contribution in [2.24, 2.45) is 4.99 Å². The van der Waals surface area contributed by atoms with E-state index < -0.39 is 11.7 Å². The van der Waals surface area contributed by atoms with Crippen molar-refractivity contribution in [3.05, 3.63) is 83.4 Å². The molecule has 2 aliphatic heterocycles. The molecule has 2 heterocycles. The van der Waals surface area contributed by atoms with Crippen molar-refractivity contribution in [1.29, 1.82) is 0 Å². The summed E-state index contributed by atoms with van der Waals surface area (Å²) in [6.07, 6.45) is -3.81. The lowest BCUT2D eigenvalue weighted by molar-refractivity contribution is -0.137. The largest absolute Gasteiger partial charge is 0.497 e. The number of methoxy groups -OCH3 is 1. The minimum absolute atomic E-state index is 0.0757. The lowest BCUT2D eigenvalue weighted by atomic mass is 9.94. The van der Waals surface area contributed by atoms with Gasteiger partial charge in [0.1, 0.15) is 23.0 Å². The molecule has 3 aromatic rings. The highest BCUT2D eigenvalue weighted by atomic mass is 19.4. The average molecular weight is 524 g/mol. The maximum atomic E-state index is 13.5. The summed E-state index contributed by atoms with van der Waals surface area (Å²) in [5.74, 6) is 1.62. The van der Waals surface area contributed by atoms with Crippen molar-refractivity contribution < 1.29 is 27.4 Å². The smallest absolute Gasteiger partial charge is 0.416 e. The van der Waals surface area contributed by atoms with Gasteiger partial charge in [-0.1, -0.05) is 37.3 Å². The molecule has 0 unspecified atom stereocenters. The van der Waals surface area contributed by atoms with Gasteiger partial charge in [0, 0.05) is 26.2 Å². The van der Waals surface area contributed by atoms with Crippen molar-refractivity contribution in [1.82, 2.24) is 9.80 Å². The number of carbonyl (C=O) groups excluding carboxylic acids is 1. The molecule has 0 radical (unpaired) electrons. The molecule has 0 saturated carbocycles. The molecule has 1 amide bonds. The van der Waals surface area contributed by atoms with Crippen LogP contribution in [0.3, 0.4) is 0 Å². The molecule has 0 aromatic heterocycles. The first-order chi connectivity index (χ1) is 18.3. The number of piperazine rings is 1. The third-order valence-corrected chi connectivity index (χ3v) is 6.96. The number of ether oxygens (including phenoxy) is 2. The molecule has 9 heteroatoms. The van der Waals surface area contributed by atoms with E-state index in [9.17, 15) is 18.0 Å². The number of rotatable bonds is 4. The molecule has 1 atom stereocenters. The summed E-state index contributed by atoms with van der Waals surface area (Å²) >= 11 is 0. The summed E-state index contributed by atoms with van der Waals surface area (Å²) in [5.41, 5.74) is 0.905. The van der Waals surface area contributed by atoms with Gasteiger partial charge in [0.2, 0.25) is 5.91 Å². The Morgan fingerprint density at radius 1 is 1.00 bits per heavy atom. The second-order valence-corrected chi connectivity index (χ2v) is 9.26. The van der Waals surface area contributed by atoms with Crippen LogP contribution in [-0.4, -0.2) is 54.8 Å². The Morgan fingerprint density at radius 2 is 1.71 bits per heavy atom. The van der Waals surface area contributed by atoms with E-state index >= 15 is 0 Å². The Kier molecular flexibility index (Phi) is 7.01. The number of alkyl halides is 3. The van der Waals surface area contributed by atoms with Gasteiger partial charge in [-0.2, -0.15) is 13.2 Å². The molecule has 5 rings (SSSR count). The minimum atomic E-state index is -4.51. The Hall–Kier alpha value is -4.01. The van der Waals surface area contributed by atoms with Gasteiger partial charge in [-0.05, 0) is 48.4 Å². The van der Waals surface area contributed by atoms with E-state index in [0.717, 1.165) is 17.7 Å². The number of carbonyl (C=O) groups is 1. The van der Waals surface area contributed by atoms with Crippen LogP contribution < -0.4 is 9.47 Å². The van der Waals surface area contributed by atoms with E-state index in [0.29, 0.717) is 55.5 Å². The number of hydrogen-bond donors (Lipinski definition) is 0. The predicted molar refractivity (Wildman–Crippen MR) is 138 cm³/mol. The molecule has 0 N–H and O–H groups in total. The van der Waals surface area contributed by atoms with Gasteiger partial charge in [-0.3, -0.25) is 4.79 Å². The van der Waals surface area contributed by atoms with Gasteiger partial charge >= 0.3 is 6.18 Å². The molecule has 38 heavy (non-hydrogen) atoms. The van der Waals surface area contributed by atoms with Crippen molar-refractivity contribution >= 4 is 17.4 Å². The van der Waals surface area contributed by atoms with E-state index in [1.807, 2.05) is 47.1 Å². The number of hydrogen-bond acceptors (Lipinski definition) is 5. The highest BCUT2D eigenvalue weighted by Crippen LogP contribution is 2.42. The quantitative estimate of drug-likeness (QED) is 0.407. The fourth-order valence-electron chi connectivity index (χ4n) is 4.90. The molecule has 2 aliphatic rings. The van der Waals surface area contributed by atoms with Gasteiger partial charge in [-0.15, -0.1) is 0 Å². The Balaban J connectivity index is 1.45. The van der Waals surface area contributed by atoms with Gasteiger partial charge in [0.25, 0.3) is 0 Å². The predicted octanol–water partition coefficient (Wildman–Crippen LogP) is 6.24. The Labute approximate surface area is 219 Å². The van der Waals surface area contributed by atoms with Crippen LogP contribution in [0.4, 0.5) is 18.9 Å². The summed E-state index contributed by atoms with van der Waals surface area (Å²) in [6, 6.07) is 18.3. The average Bonchev–Trinajstić information content (AvgIpc) is 3.09. The van der Waals surface area contributed by atoms with Crippen molar-refractivity contribution in [2.45, 2.75) is 25.4 Å². The number of fused-ring (bicyclic) bond motifs is 2. The highest BCUT2D eigenvalue weighted by Gasteiger charge is 2.34. The molecule has 3 aromatic carbocycles. The molecule has 1 saturated heterocycles. The lowest BCUT2D eigenvalue weighted by Crippen LogP contribution is -2.51. The topological polar surface area (TPSA) is 54.4 Å². The molecule has 0 spiro atoms. The van der Waals surface area contributed by atoms with Gasteiger partial charge in [0.05, 0.1) is 24.2 Å². The van der Waals surface area contributed by atoms with Crippen molar-refractivity contribution in [3.63, 3.8) is 0 Å². The first kappa shape index (κ1) is 25.6. The van der Waals surface area contributed by atoms with E-state index in [4.69, 9.17) is 9.47 Å². The number of aliphatic imine (C=N–C) groups is 1. The zero-order valence-electron chi connectivity index (χ0n) is 21.2. The molecular formula is C29H28F3N3O3. The maximum Gasteiger partial charge on any atom is 0.416 e. The fraction of sp³-hybridized carbons (Fsp3) is 0.310. The minimum Gasteiger partial charge on any atom is -0.497 e. The Bertz CT molecular complexity index is 1350. The second-order valence-electron chi connectivity index (χ2n) is 9.26. The first-order valence-corrected chi connectivity index (χ1v) is 12.5. The van der Waals surface area contributed by atoms with Gasteiger partial charge < -0.3 is 19.3 Å². The van der Waals surface area contributed by atoms with Crippen LogP contribution in [0.25, 0.3) is 0 Å². The third-order valence-electron chi connectivity index (χ3n) is 6.96. The normalized spacial score (nSPS) is 16.0. The zero-order valence-corrected chi connectivity index (χ0v) is 21.2. The summed E-state index contributed by atoms with van der Waals surface area (Å²) in [4.78, 5) is 21.9. The second kappa shape index (κ2) is 10.4. The zero-order chi connectivity index (χ0) is 26.9. The van der Waals surface area contributed by atoms with Crippen molar-refractivity contribution in [2.75, 3.05) is 33.3 Å². The summed E-state index contributed by atoms with van der Waals surface area (Å²) in [6.45, 7) is 3.89. The molecular weight excluding hydrogens is 495 g/mol. The van der Waals surface area contributed by atoms with Crippen molar-refractivity contribution in [3.8, 4) is 17.2 Å². The lowest BCUT2D eigenvalue weighted by Gasteiger charge is -2.38. The van der Waals surface area contributed by atoms with Gasteiger partial charge in [-0.25, -0.2) is 4.99 Å². The van der Waals surface area contributed by atoms with Crippen LogP contribution in [0.15, 0.2) is 71.7 Å². The van der Waals surface area contributed by atoms with Crippen LogP contribution in [0, 0.1) is 0 Å². The van der Waals surface area contributed by atoms with Gasteiger partial charge in [0.15, 0.2) is 5.75 Å². The van der Waals surface area contributed by atoms with Crippen LogP contribution in [0.2, 0.25) is 0 Å². The maximum absolute atomic E-state index is 13.5. The standard InChI is InChI=1S/C29H28F3N3O3/c1-3-22(19-7-5-4-6-8-19)28(36)35-15-13-34(14-16-35)27-23-18-21(37-2)10-12-25(23)38-26-11-9-20(29(30,31)32)17-24(26)33-27/h4-12,17-18,22H,3,13-16H2,1-2H3/t22-/m1/s1. The van der Waals surface area contributed by atoms with E-state index in [-0.39, 0.29) is 23.3 Å². The number of amides is 1. The fourth-order valence-corrected chi connectivity index (χ4v) is 4.90. The third kappa shape index (κ3) is 5.05. The monoisotopic (exact) mass is 523 g/mol. The van der Waals surface area contributed by atoms with Crippen LogP contribution in [0.1, 0.15) is 36.0 Å². The summed E-state index contributed by atoms with van der Waals surface area (Å²) in [5, 5.41) is 0. The molecule has 1 fully saturated rings. The molecule has 198 valence electrons. The first-order valence-electron chi connectivity index (χ1n) is 12.5. The number of amidine groups is 1. The van der Waals surface area contributed by atoms with Crippen LogP contribution in [-0.2, 0) is 11.0 Å². The highest BCUT2D eigenvalue weighted by molar-refractivity contribution is 6.04. The number of benzene rings is 3. The van der Waals surface area contributed by atoms with Crippen LogP contribution >= 0.6 is 0 Å².